The molecule has 0 radical (unpaired) electrons. The van der Waals surface area contributed by atoms with E-state index in [1.807, 2.05) is 0 Å². The number of aromatic nitrogens is 1. The second kappa shape index (κ2) is 5.25. The van der Waals surface area contributed by atoms with Gasteiger partial charge < -0.3 is 5.11 Å². The van der Waals surface area contributed by atoms with Crippen LogP contribution in [-0.2, 0) is 12.8 Å². The van der Waals surface area contributed by atoms with Gasteiger partial charge in [-0.05, 0) is 44.7 Å². The van der Waals surface area contributed by atoms with Crippen LogP contribution in [0.1, 0.15) is 39.3 Å². The highest BCUT2D eigenvalue weighted by molar-refractivity contribution is 7.15. The minimum atomic E-state index is -0.218. The lowest BCUT2D eigenvalue weighted by Gasteiger charge is -2.06. The Balaban J connectivity index is 1.82. The van der Waals surface area contributed by atoms with E-state index in [1.165, 1.54) is 17.7 Å². The summed E-state index contributed by atoms with van der Waals surface area (Å²) in [5, 5.41) is 13.2. The van der Waals surface area contributed by atoms with E-state index < -0.39 is 0 Å². The lowest BCUT2D eigenvalue weighted by molar-refractivity contribution is 0.102. The van der Waals surface area contributed by atoms with Crippen molar-refractivity contribution in [1.29, 1.82) is 0 Å². The number of carbonyl (C=O) groups is 1. The summed E-state index contributed by atoms with van der Waals surface area (Å²) in [6.07, 6.45) is 4.45. The van der Waals surface area contributed by atoms with E-state index >= 15 is 0 Å². The molecule has 0 saturated heterocycles. The molecule has 0 atom stereocenters. The summed E-state index contributed by atoms with van der Waals surface area (Å²) in [6.45, 7) is 1.73. The van der Waals surface area contributed by atoms with Crippen molar-refractivity contribution >= 4 is 22.4 Å². The number of nitrogens with one attached hydrogen (secondary N) is 1. The number of rotatable bonds is 2. The average molecular weight is 288 g/mol. The predicted molar refractivity (Wildman–Crippen MR) is 79.6 cm³/mol. The molecule has 0 unspecified atom stereocenters. The molecule has 2 aromatic rings. The summed E-state index contributed by atoms with van der Waals surface area (Å²) in [6, 6.07) is 4.95. The van der Waals surface area contributed by atoms with Crippen LogP contribution in [0.25, 0.3) is 0 Å². The summed E-state index contributed by atoms with van der Waals surface area (Å²) in [4.78, 5) is 18.0. The minimum Gasteiger partial charge on any atom is -0.508 e. The van der Waals surface area contributed by atoms with Crippen LogP contribution in [-0.4, -0.2) is 16.0 Å². The van der Waals surface area contributed by atoms with Gasteiger partial charge in [0.25, 0.3) is 5.91 Å². The summed E-state index contributed by atoms with van der Waals surface area (Å²) < 4.78 is 0. The van der Waals surface area contributed by atoms with Gasteiger partial charge in [-0.3, -0.25) is 10.1 Å². The van der Waals surface area contributed by atoms with Gasteiger partial charge in [0.1, 0.15) is 5.75 Å². The van der Waals surface area contributed by atoms with Gasteiger partial charge in [0.15, 0.2) is 5.13 Å². The lowest BCUT2D eigenvalue weighted by atomic mass is 10.0. The van der Waals surface area contributed by atoms with Crippen LogP contribution < -0.4 is 5.32 Å². The molecule has 5 heteroatoms. The van der Waals surface area contributed by atoms with Gasteiger partial charge in [-0.1, -0.05) is 6.07 Å². The van der Waals surface area contributed by atoms with E-state index in [0.29, 0.717) is 16.3 Å². The molecule has 1 aromatic heterocycles. The summed E-state index contributed by atoms with van der Waals surface area (Å²) in [7, 11) is 0. The third-order valence-corrected chi connectivity index (χ3v) is 4.69. The van der Waals surface area contributed by atoms with Gasteiger partial charge in [-0.25, -0.2) is 4.98 Å². The molecule has 1 aliphatic rings. The van der Waals surface area contributed by atoms with E-state index in [2.05, 4.69) is 10.3 Å². The van der Waals surface area contributed by atoms with Crippen molar-refractivity contribution in [2.24, 2.45) is 0 Å². The van der Waals surface area contributed by atoms with Crippen molar-refractivity contribution in [3.05, 3.63) is 39.9 Å². The summed E-state index contributed by atoms with van der Waals surface area (Å²) in [5.41, 5.74) is 2.20. The van der Waals surface area contributed by atoms with Gasteiger partial charge >= 0.3 is 0 Å². The Bertz CT molecular complexity index is 640. The molecule has 0 aliphatic heterocycles. The topological polar surface area (TPSA) is 62.2 Å². The van der Waals surface area contributed by atoms with Crippen molar-refractivity contribution < 1.29 is 9.90 Å². The van der Waals surface area contributed by atoms with Gasteiger partial charge in [0.2, 0.25) is 0 Å². The first-order valence-electron chi connectivity index (χ1n) is 6.73. The van der Waals surface area contributed by atoms with E-state index in [4.69, 9.17) is 0 Å². The fourth-order valence-electron chi connectivity index (χ4n) is 2.44. The number of phenols is 1. The molecular formula is C15H16N2O2S. The number of amides is 1. The number of phenolic OH excluding ortho intramolecular Hbond substituents is 1. The van der Waals surface area contributed by atoms with E-state index in [0.717, 1.165) is 18.5 Å². The van der Waals surface area contributed by atoms with Crippen molar-refractivity contribution in [2.45, 2.75) is 32.6 Å². The Morgan fingerprint density at radius 2 is 2.15 bits per heavy atom. The first-order chi connectivity index (χ1) is 9.65. The second-order valence-electron chi connectivity index (χ2n) is 5.00. The number of hydrogen-bond donors (Lipinski definition) is 2. The van der Waals surface area contributed by atoms with Crippen LogP contribution >= 0.6 is 11.3 Å². The van der Waals surface area contributed by atoms with Gasteiger partial charge in [-0.15, -0.1) is 11.3 Å². The van der Waals surface area contributed by atoms with Gasteiger partial charge in [-0.2, -0.15) is 0 Å². The third kappa shape index (κ3) is 2.41. The van der Waals surface area contributed by atoms with E-state index in [1.54, 1.807) is 36.5 Å². The highest BCUT2D eigenvalue weighted by atomic mass is 32.1. The molecule has 0 spiro atoms. The molecule has 20 heavy (non-hydrogen) atoms. The first-order valence-corrected chi connectivity index (χ1v) is 7.55. The molecule has 0 fully saturated rings. The number of benzene rings is 1. The van der Waals surface area contributed by atoms with Gasteiger partial charge in [0.05, 0.1) is 5.69 Å². The maximum Gasteiger partial charge on any atom is 0.257 e. The normalized spacial score (nSPS) is 13.8. The highest BCUT2D eigenvalue weighted by Gasteiger charge is 2.18. The maximum absolute atomic E-state index is 12.2. The standard InChI is InChI=1S/C15H16N2O2S/c1-9-10(5-4-7-12(9)18)14(19)17-15-16-11-6-2-3-8-13(11)20-15/h4-5,7,18H,2-3,6,8H2,1H3,(H,16,17,19). The monoisotopic (exact) mass is 288 g/mol. The number of anilines is 1. The van der Waals surface area contributed by atoms with Crippen molar-refractivity contribution in [2.75, 3.05) is 5.32 Å². The van der Waals surface area contributed by atoms with Crippen LogP contribution in [0.2, 0.25) is 0 Å². The first kappa shape index (κ1) is 13.1. The number of carbonyl (C=O) groups excluding carboxylic acids is 1. The predicted octanol–water partition coefficient (Wildman–Crippen LogP) is 3.29. The van der Waals surface area contributed by atoms with Crippen LogP contribution in [0.15, 0.2) is 18.2 Å². The Hall–Kier alpha value is -1.88. The molecule has 104 valence electrons. The fourth-order valence-corrected chi connectivity index (χ4v) is 3.48. The molecule has 0 bridgehead atoms. The van der Waals surface area contributed by atoms with E-state index in [-0.39, 0.29) is 11.7 Å². The van der Waals surface area contributed by atoms with Crippen molar-refractivity contribution in [3.8, 4) is 5.75 Å². The number of aromatic hydroxyl groups is 1. The maximum atomic E-state index is 12.2. The van der Waals surface area contributed by atoms with E-state index in [9.17, 15) is 9.90 Å². The zero-order valence-corrected chi connectivity index (χ0v) is 12.1. The molecule has 1 amide bonds. The van der Waals surface area contributed by atoms with Gasteiger partial charge in [0, 0.05) is 16.0 Å². The Labute approximate surface area is 121 Å². The Morgan fingerprint density at radius 1 is 1.35 bits per heavy atom. The van der Waals surface area contributed by atoms with Crippen molar-refractivity contribution in [1.82, 2.24) is 4.98 Å². The average Bonchev–Trinajstić information content (AvgIpc) is 2.83. The molecule has 2 N–H and O–H groups in total. The lowest BCUT2D eigenvalue weighted by Crippen LogP contribution is -2.13. The Morgan fingerprint density at radius 3 is 2.95 bits per heavy atom. The zero-order valence-electron chi connectivity index (χ0n) is 11.3. The zero-order chi connectivity index (χ0) is 14.1. The summed E-state index contributed by atoms with van der Waals surface area (Å²) in [5.74, 6) is -0.0828. The molecule has 1 aromatic carbocycles. The number of aryl methyl sites for hydroxylation is 2. The Kier molecular flexibility index (Phi) is 3.44. The number of hydrogen-bond acceptors (Lipinski definition) is 4. The van der Waals surface area contributed by atoms with Crippen molar-refractivity contribution in [3.63, 3.8) is 0 Å². The van der Waals surface area contributed by atoms with Crippen LogP contribution in [0.4, 0.5) is 5.13 Å². The molecule has 1 heterocycles. The molecule has 3 rings (SSSR count). The quantitative estimate of drug-likeness (QED) is 0.891. The number of nitrogens with zero attached hydrogens (tertiary/aromatic N) is 1. The van der Waals surface area contributed by atoms with Crippen LogP contribution in [0, 0.1) is 6.92 Å². The molecule has 4 nitrogen and oxygen atoms in total. The smallest absolute Gasteiger partial charge is 0.257 e. The molecule has 0 saturated carbocycles. The number of thiazole rings is 1. The second-order valence-corrected chi connectivity index (χ2v) is 6.08. The molecule has 1 aliphatic carbocycles. The molecular weight excluding hydrogens is 272 g/mol. The third-order valence-electron chi connectivity index (χ3n) is 3.62. The highest BCUT2D eigenvalue weighted by Crippen LogP contribution is 2.30. The van der Waals surface area contributed by atoms with Crippen LogP contribution in [0.5, 0.6) is 5.75 Å². The summed E-state index contributed by atoms with van der Waals surface area (Å²) >= 11 is 1.56. The number of fused-ring (bicyclic) bond motifs is 1. The van der Waals surface area contributed by atoms with Crippen LogP contribution in [0.3, 0.4) is 0 Å². The largest absolute Gasteiger partial charge is 0.508 e. The fraction of sp³-hybridized carbons (Fsp3) is 0.333. The minimum absolute atomic E-state index is 0.135. The SMILES string of the molecule is Cc1c(O)cccc1C(=O)Nc1nc2c(s1)CCCC2.